The molecule has 0 spiro atoms. The Bertz CT molecular complexity index is 1340. The van der Waals surface area contributed by atoms with Crippen LogP contribution in [0.1, 0.15) is 18.0 Å². The molecular formula is C26H25N3O3. The Morgan fingerprint density at radius 3 is 2.41 bits per heavy atom. The second-order valence-corrected chi connectivity index (χ2v) is 8.27. The van der Waals surface area contributed by atoms with Crippen molar-refractivity contribution in [2.45, 2.75) is 25.4 Å². The smallest absolute Gasteiger partial charge is 0.329 e. The lowest BCUT2D eigenvalue weighted by molar-refractivity contribution is -0.118. The van der Waals surface area contributed by atoms with E-state index in [4.69, 9.17) is 0 Å². The van der Waals surface area contributed by atoms with Gasteiger partial charge >= 0.3 is 5.69 Å². The van der Waals surface area contributed by atoms with Gasteiger partial charge in [0.2, 0.25) is 5.91 Å². The van der Waals surface area contributed by atoms with Gasteiger partial charge in [0.15, 0.2) is 0 Å². The summed E-state index contributed by atoms with van der Waals surface area (Å²) in [6.45, 7) is -0.166. The summed E-state index contributed by atoms with van der Waals surface area (Å²) in [5.41, 5.74) is 5.25. The zero-order valence-electron chi connectivity index (χ0n) is 17.9. The van der Waals surface area contributed by atoms with Gasteiger partial charge in [-0.05, 0) is 53.8 Å². The number of aliphatic hydroxyl groups is 1. The number of para-hydroxylation sites is 1. The molecule has 1 aliphatic rings. The van der Waals surface area contributed by atoms with Crippen LogP contribution in [0.15, 0.2) is 77.6 Å². The number of amides is 1. The van der Waals surface area contributed by atoms with Crippen molar-refractivity contribution in [3.63, 3.8) is 0 Å². The average Bonchev–Trinajstić information content (AvgIpc) is 3.12. The van der Waals surface area contributed by atoms with Gasteiger partial charge in [0, 0.05) is 12.7 Å². The number of carbonyl (C=O) groups excluding carboxylic acids is 1. The summed E-state index contributed by atoms with van der Waals surface area (Å²) in [6, 6.07) is 23.3. The molecule has 0 saturated heterocycles. The number of likely N-dealkylation sites (N-methyl/N-ethyl adjacent to an activating group) is 1. The van der Waals surface area contributed by atoms with Gasteiger partial charge in [0.25, 0.3) is 0 Å². The largest absolute Gasteiger partial charge is 0.394 e. The van der Waals surface area contributed by atoms with Crippen molar-refractivity contribution in [2.24, 2.45) is 0 Å². The summed E-state index contributed by atoms with van der Waals surface area (Å²) in [5.74, 6) is -0.177. The molecule has 1 N–H and O–H groups in total. The van der Waals surface area contributed by atoms with Crippen molar-refractivity contribution in [1.82, 2.24) is 9.13 Å². The molecule has 1 unspecified atom stereocenters. The van der Waals surface area contributed by atoms with Crippen molar-refractivity contribution in [3.8, 4) is 11.1 Å². The Hall–Kier alpha value is -3.64. The number of anilines is 1. The van der Waals surface area contributed by atoms with Crippen LogP contribution in [0.4, 0.5) is 5.69 Å². The quantitative estimate of drug-likeness (QED) is 0.529. The predicted molar refractivity (Wildman–Crippen MR) is 126 cm³/mol. The molecule has 1 atom stereocenters. The maximum atomic E-state index is 13.5. The first-order chi connectivity index (χ1) is 15.6. The minimum atomic E-state index is -0.275. The molecule has 1 aliphatic heterocycles. The Morgan fingerprint density at radius 1 is 1.03 bits per heavy atom. The lowest BCUT2D eigenvalue weighted by Gasteiger charge is -2.23. The average molecular weight is 428 g/mol. The summed E-state index contributed by atoms with van der Waals surface area (Å²) >= 11 is 0. The highest BCUT2D eigenvalue weighted by Gasteiger charge is 2.28. The van der Waals surface area contributed by atoms with Gasteiger partial charge in [-0.15, -0.1) is 0 Å². The van der Waals surface area contributed by atoms with Gasteiger partial charge in [-0.3, -0.25) is 13.9 Å². The second-order valence-electron chi connectivity index (χ2n) is 8.27. The van der Waals surface area contributed by atoms with Crippen LogP contribution in [-0.4, -0.2) is 33.8 Å². The van der Waals surface area contributed by atoms with Gasteiger partial charge in [0.05, 0.1) is 23.7 Å². The highest BCUT2D eigenvalue weighted by Crippen LogP contribution is 2.34. The first kappa shape index (κ1) is 20.3. The molecule has 6 heteroatoms. The Kier molecular flexibility index (Phi) is 5.15. The molecule has 4 aromatic rings. The van der Waals surface area contributed by atoms with Crippen molar-refractivity contribution in [3.05, 3.63) is 88.8 Å². The normalized spacial score (nSPS) is 15.1. The fraction of sp³-hybridized carbons (Fsp3) is 0.231. The number of hydrogen-bond donors (Lipinski definition) is 1. The van der Waals surface area contributed by atoms with Crippen LogP contribution in [0, 0.1) is 0 Å². The Labute approximate surface area is 186 Å². The summed E-state index contributed by atoms with van der Waals surface area (Å²) < 4.78 is 3.24. The maximum absolute atomic E-state index is 13.5. The number of hydrogen-bond acceptors (Lipinski definition) is 3. The zero-order chi connectivity index (χ0) is 22.2. The summed E-state index contributed by atoms with van der Waals surface area (Å²) in [4.78, 5) is 28.2. The standard InChI is InChI=1S/C26H25N3O3/c1-27(21-10-6-3-7-11-21)24(31)16-28-23-15-20(18-8-4-2-5-9-18)14-19-12-13-22(17-30)29(25(19)23)26(28)32/h2-11,14-15,22,30H,12-13,16-17H2,1H3. The van der Waals surface area contributed by atoms with E-state index >= 15 is 0 Å². The molecule has 0 saturated carbocycles. The number of benzene rings is 3. The number of rotatable bonds is 5. The third-order valence-corrected chi connectivity index (χ3v) is 6.38. The van der Waals surface area contributed by atoms with Crippen LogP contribution < -0.4 is 10.6 Å². The summed E-state index contributed by atoms with van der Waals surface area (Å²) in [6.07, 6.45) is 1.47. The van der Waals surface area contributed by atoms with E-state index in [0.29, 0.717) is 6.42 Å². The molecule has 1 aromatic heterocycles. The molecule has 1 amide bonds. The first-order valence-electron chi connectivity index (χ1n) is 10.8. The number of carbonyl (C=O) groups is 1. The van der Waals surface area contributed by atoms with Crippen LogP contribution >= 0.6 is 0 Å². The van der Waals surface area contributed by atoms with Crippen molar-refractivity contribution >= 4 is 22.6 Å². The van der Waals surface area contributed by atoms with Gasteiger partial charge < -0.3 is 10.0 Å². The molecule has 162 valence electrons. The van der Waals surface area contributed by atoms with E-state index in [9.17, 15) is 14.7 Å². The van der Waals surface area contributed by atoms with Crippen LogP contribution in [0.3, 0.4) is 0 Å². The topological polar surface area (TPSA) is 67.5 Å². The molecule has 2 heterocycles. The molecule has 0 aliphatic carbocycles. The van der Waals surface area contributed by atoms with Crippen LogP contribution in [0.25, 0.3) is 22.2 Å². The molecule has 0 fully saturated rings. The molecule has 3 aromatic carbocycles. The van der Waals surface area contributed by atoms with Crippen molar-refractivity contribution in [1.29, 1.82) is 0 Å². The number of nitrogens with zero attached hydrogens (tertiary/aromatic N) is 3. The highest BCUT2D eigenvalue weighted by molar-refractivity contribution is 5.94. The molecular weight excluding hydrogens is 402 g/mol. The summed E-state index contributed by atoms with van der Waals surface area (Å²) in [7, 11) is 1.72. The van der Waals surface area contributed by atoms with E-state index in [-0.39, 0.29) is 30.8 Å². The van der Waals surface area contributed by atoms with Crippen LogP contribution in [0.5, 0.6) is 0 Å². The summed E-state index contributed by atoms with van der Waals surface area (Å²) in [5, 5.41) is 9.91. The second kappa shape index (κ2) is 8.13. The zero-order valence-corrected chi connectivity index (χ0v) is 17.9. The maximum Gasteiger partial charge on any atom is 0.329 e. The molecule has 5 rings (SSSR count). The van der Waals surface area contributed by atoms with E-state index in [2.05, 4.69) is 6.07 Å². The van der Waals surface area contributed by atoms with E-state index < -0.39 is 0 Å². The third kappa shape index (κ3) is 3.33. The van der Waals surface area contributed by atoms with Gasteiger partial charge in [-0.1, -0.05) is 48.5 Å². The van der Waals surface area contributed by atoms with Crippen molar-refractivity contribution < 1.29 is 9.90 Å². The van der Waals surface area contributed by atoms with Gasteiger partial charge in [-0.2, -0.15) is 0 Å². The predicted octanol–water partition coefficient (Wildman–Crippen LogP) is 3.61. The van der Waals surface area contributed by atoms with E-state index in [1.807, 2.05) is 66.7 Å². The lowest BCUT2D eigenvalue weighted by Crippen LogP contribution is -2.36. The molecule has 6 nitrogen and oxygen atoms in total. The van der Waals surface area contributed by atoms with Gasteiger partial charge in [0.1, 0.15) is 6.54 Å². The van der Waals surface area contributed by atoms with E-state index in [0.717, 1.165) is 39.8 Å². The number of imidazole rings is 1. The minimum Gasteiger partial charge on any atom is -0.394 e. The fourth-order valence-electron chi connectivity index (χ4n) is 4.63. The fourth-order valence-corrected chi connectivity index (χ4v) is 4.63. The van der Waals surface area contributed by atoms with Crippen molar-refractivity contribution in [2.75, 3.05) is 18.6 Å². The molecule has 0 radical (unpaired) electrons. The van der Waals surface area contributed by atoms with Crippen LogP contribution in [-0.2, 0) is 17.8 Å². The Balaban J connectivity index is 1.65. The molecule has 32 heavy (non-hydrogen) atoms. The van der Waals surface area contributed by atoms with E-state index in [1.165, 1.54) is 0 Å². The Morgan fingerprint density at radius 2 is 1.72 bits per heavy atom. The number of aromatic nitrogens is 2. The van der Waals surface area contributed by atoms with Gasteiger partial charge in [-0.25, -0.2) is 4.79 Å². The van der Waals surface area contributed by atoms with E-state index in [1.54, 1.807) is 21.1 Å². The minimum absolute atomic E-state index is 0.0659. The highest BCUT2D eigenvalue weighted by atomic mass is 16.3. The first-order valence-corrected chi connectivity index (χ1v) is 10.8. The monoisotopic (exact) mass is 427 g/mol. The third-order valence-electron chi connectivity index (χ3n) is 6.38. The number of aliphatic hydroxyl groups excluding tert-OH is 1. The number of aryl methyl sites for hydroxylation is 1. The molecule has 0 bridgehead atoms. The SMILES string of the molecule is CN(C(=O)Cn1c(=O)n2c3c(cc(-c4ccccc4)cc31)CCC2CO)c1ccccc1. The lowest BCUT2D eigenvalue weighted by atomic mass is 9.95. The van der Waals surface area contributed by atoms with Crippen LogP contribution in [0.2, 0.25) is 0 Å².